The highest BCUT2D eigenvalue weighted by Crippen LogP contribution is 2.42. The minimum Gasteiger partial charge on any atom is -0.360 e. The van der Waals surface area contributed by atoms with E-state index in [1.165, 1.54) is 153 Å². The molecule has 0 aliphatic carbocycles. The Bertz CT molecular complexity index is 544. The van der Waals surface area contributed by atoms with Crippen LogP contribution in [0, 0.1) is 5.41 Å². The first-order chi connectivity index (χ1) is 24.0. The number of hydrogen-bond acceptors (Lipinski definition) is 8. The molecule has 0 aromatic rings. The summed E-state index contributed by atoms with van der Waals surface area (Å²) in [5.74, 6) is 0.348. The topological polar surface area (TPSA) is 73.8 Å². The lowest BCUT2D eigenvalue weighted by Crippen LogP contribution is -2.22. The molecule has 0 saturated heterocycles. The molecule has 0 aromatic carbocycles. The first-order valence-electron chi connectivity index (χ1n) is 20.2. The summed E-state index contributed by atoms with van der Waals surface area (Å²) in [6.07, 6.45) is 27.6. The van der Waals surface area contributed by atoms with Crippen molar-refractivity contribution in [2.24, 2.45) is 5.41 Å². The molecule has 0 unspecified atom stereocenters. The van der Waals surface area contributed by atoms with Crippen LogP contribution in [0.2, 0.25) is 24.2 Å². The molecule has 0 rings (SSSR count). The standard InChI is InChI=1S/C37H84O8Si4/c1-38-33(39-2)46-29-21-13-9-17-25-37(26-18-10-14-22-30-47-34(40-3)41-4,27-19-11-15-23-31-48-35(42-5)43-6)28-20-12-16-24-32-49-36(44-7)45-8/h33-36H,9-32,46-49H2,1-8H3. The summed E-state index contributed by atoms with van der Waals surface area (Å²) in [4.78, 5) is 0. The highest BCUT2D eigenvalue weighted by Gasteiger charge is 2.28. The molecule has 0 aliphatic heterocycles. The molecule has 0 amide bonds. The normalized spacial score (nSPS) is 14.4. The van der Waals surface area contributed by atoms with Crippen LogP contribution in [0.3, 0.4) is 0 Å². The van der Waals surface area contributed by atoms with Gasteiger partial charge < -0.3 is 37.9 Å². The van der Waals surface area contributed by atoms with E-state index in [1.807, 2.05) is 0 Å². The first-order valence-corrected chi connectivity index (χ1v) is 27.5. The van der Waals surface area contributed by atoms with Crippen LogP contribution in [0.15, 0.2) is 0 Å². The lowest BCUT2D eigenvalue weighted by atomic mass is 9.70. The summed E-state index contributed by atoms with van der Waals surface area (Å²) in [6, 6.07) is 5.30. The second kappa shape index (κ2) is 36.9. The Morgan fingerprint density at radius 2 is 0.469 bits per heavy atom. The van der Waals surface area contributed by atoms with Gasteiger partial charge in [-0.05, 0) is 31.1 Å². The molecule has 0 atom stereocenters. The third kappa shape index (κ3) is 28.7. The molecule has 0 radical (unpaired) electrons. The predicted octanol–water partition coefficient (Wildman–Crippen LogP) is 6.43. The zero-order valence-corrected chi connectivity index (χ0v) is 39.5. The molecule has 49 heavy (non-hydrogen) atoms. The Kier molecular flexibility index (Phi) is 37.3. The van der Waals surface area contributed by atoms with Crippen LogP contribution in [0.5, 0.6) is 0 Å². The van der Waals surface area contributed by atoms with Crippen LogP contribution in [0.1, 0.15) is 128 Å². The number of rotatable bonds is 40. The van der Waals surface area contributed by atoms with Crippen molar-refractivity contribution in [1.82, 2.24) is 0 Å². The highest BCUT2D eigenvalue weighted by molar-refractivity contribution is 6.37. The van der Waals surface area contributed by atoms with Crippen LogP contribution >= 0.6 is 0 Å². The maximum atomic E-state index is 5.45. The van der Waals surface area contributed by atoms with Gasteiger partial charge in [0.05, 0.1) is 38.1 Å². The summed E-state index contributed by atoms with van der Waals surface area (Å²) in [5.41, 5.74) is 0.524. The van der Waals surface area contributed by atoms with Gasteiger partial charge in [0.2, 0.25) is 0 Å². The van der Waals surface area contributed by atoms with E-state index in [4.69, 9.17) is 37.9 Å². The van der Waals surface area contributed by atoms with Crippen molar-refractivity contribution in [3.63, 3.8) is 0 Å². The summed E-state index contributed by atoms with van der Waals surface area (Å²) in [5, 5.41) is 0. The van der Waals surface area contributed by atoms with Crippen LogP contribution in [0.25, 0.3) is 0 Å². The van der Waals surface area contributed by atoms with E-state index in [2.05, 4.69) is 0 Å². The second-order valence-corrected chi connectivity index (χ2v) is 22.1. The monoisotopic (exact) mass is 769 g/mol. The predicted molar refractivity (Wildman–Crippen MR) is 219 cm³/mol. The van der Waals surface area contributed by atoms with Crippen molar-refractivity contribution in [2.45, 2.75) is 176 Å². The number of methoxy groups -OCH3 is 8. The van der Waals surface area contributed by atoms with Crippen LogP contribution in [-0.2, 0) is 37.9 Å². The van der Waals surface area contributed by atoms with Crippen LogP contribution < -0.4 is 0 Å². The van der Waals surface area contributed by atoms with Gasteiger partial charge in [0.15, 0.2) is 0 Å². The Balaban J connectivity index is 5.13. The van der Waals surface area contributed by atoms with E-state index in [-0.39, 0.29) is 61.7 Å². The van der Waals surface area contributed by atoms with Crippen molar-refractivity contribution in [3.8, 4) is 0 Å². The van der Waals surface area contributed by atoms with Gasteiger partial charge in [-0.2, -0.15) is 0 Å². The smallest absolute Gasteiger partial charge is 0.134 e. The average molecular weight is 769 g/mol. The SMILES string of the molecule is COC(OC)[SiH2]CCCCCCC(CCCCCC[SiH2]C(OC)OC)(CCCCCC[SiH2]C(OC)OC)CCCCCC[SiH2]C(OC)OC. The number of ether oxygens (including phenoxy) is 8. The van der Waals surface area contributed by atoms with Gasteiger partial charge in [-0.25, -0.2) is 0 Å². The van der Waals surface area contributed by atoms with Crippen molar-refractivity contribution >= 4 is 38.1 Å². The summed E-state index contributed by atoms with van der Waals surface area (Å²) >= 11 is 0. The number of hydrogen-bond donors (Lipinski definition) is 0. The molecular formula is C37H84O8Si4. The van der Waals surface area contributed by atoms with Gasteiger partial charge in [0, 0.05) is 56.9 Å². The van der Waals surface area contributed by atoms with Gasteiger partial charge in [-0.1, -0.05) is 127 Å². The first kappa shape index (κ1) is 49.5. The second-order valence-electron chi connectivity index (χ2n) is 14.3. The van der Waals surface area contributed by atoms with Crippen molar-refractivity contribution < 1.29 is 37.9 Å². The minimum atomic E-state index is -0.300. The molecule has 0 heterocycles. The molecule has 0 bridgehead atoms. The quantitative estimate of drug-likeness (QED) is 0.0402. The Morgan fingerprint density at radius 1 is 0.286 bits per heavy atom. The molecule has 296 valence electrons. The van der Waals surface area contributed by atoms with E-state index >= 15 is 0 Å². The minimum absolute atomic E-state index is 0.0869. The third-order valence-electron chi connectivity index (χ3n) is 10.7. The Hall–Kier alpha value is 0.548. The fraction of sp³-hybridized carbons (Fsp3) is 1.00. The largest absolute Gasteiger partial charge is 0.360 e. The van der Waals surface area contributed by atoms with Crippen LogP contribution in [0.4, 0.5) is 0 Å². The lowest BCUT2D eigenvalue weighted by Gasteiger charge is -2.35. The molecule has 0 aromatic heterocycles. The zero-order valence-electron chi connectivity index (χ0n) is 33.9. The van der Waals surface area contributed by atoms with Crippen molar-refractivity contribution in [3.05, 3.63) is 0 Å². The summed E-state index contributed by atoms with van der Waals surface area (Å²) in [7, 11) is 13.0. The molecule has 0 N–H and O–H groups in total. The highest BCUT2D eigenvalue weighted by atomic mass is 28.2. The summed E-state index contributed by atoms with van der Waals surface area (Å²) in [6.45, 7) is 0. The van der Waals surface area contributed by atoms with Crippen LogP contribution in [-0.4, -0.2) is 119 Å². The fourth-order valence-corrected chi connectivity index (χ4v) is 13.2. The summed E-state index contributed by atoms with van der Waals surface area (Å²) < 4.78 is 43.6. The van der Waals surface area contributed by atoms with Crippen molar-refractivity contribution in [2.75, 3.05) is 56.9 Å². The van der Waals surface area contributed by atoms with Gasteiger partial charge in [0.1, 0.15) is 23.7 Å². The number of unbranched alkanes of at least 4 members (excludes halogenated alkanes) is 12. The fourth-order valence-electron chi connectivity index (χ4n) is 7.44. The van der Waals surface area contributed by atoms with E-state index < -0.39 is 0 Å². The molecular weight excluding hydrogens is 685 g/mol. The van der Waals surface area contributed by atoms with Gasteiger partial charge >= 0.3 is 0 Å². The maximum Gasteiger partial charge on any atom is 0.134 e. The van der Waals surface area contributed by atoms with Crippen molar-refractivity contribution in [1.29, 1.82) is 0 Å². The molecule has 12 heteroatoms. The van der Waals surface area contributed by atoms with E-state index in [9.17, 15) is 0 Å². The zero-order chi connectivity index (χ0) is 36.3. The van der Waals surface area contributed by atoms with Gasteiger partial charge in [0.25, 0.3) is 0 Å². The van der Waals surface area contributed by atoms with Gasteiger partial charge in [-0.15, -0.1) is 0 Å². The average Bonchev–Trinajstić information content (AvgIpc) is 3.13. The third-order valence-corrected chi connectivity index (χ3v) is 18.9. The van der Waals surface area contributed by atoms with E-state index in [1.54, 1.807) is 56.9 Å². The Morgan fingerprint density at radius 3 is 0.653 bits per heavy atom. The van der Waals surface area contributed by atoms with E-state index in [0.717, 1.165) is 0 Å². The molecule has 0 saturated carbocycles. The maximum absolute atomic E-state index is 5.45. The molecule has 0 fully saturated rings. The van der Waals surface area contributed by atoms with Gasteiger partial charge in [-0.3, -0.25) is 0 Å². The van der Waals surface area contributed by atoms with E-state index in [0.29, 0.717) is 5.41 Å². The molecule has 8 nitrogen and oxygen atoms in total. The lowest BCUT2D eigenvalue weighted by molar-refractivity contribution is -0.0442. The molecule has 0 aliphatic rings. The Labute approximate surface area is 313 Å². The molecule has 0 spiro atoms.